The molecule has 0 aliphatic carbocycles. The first-order valence-corrected chi connectivity index (χ1v) is 8.67. The number of primary sulfonamides is 1. The van der Waals surface area contributed by atoms with Crippen LogP contribution in [0, 0.1) is 0 Å². The molecule has 13 nitrogen and oxygen atoms in total. The number of amidine groups is 2. The van der Waals surface area contributed by atoms with Crippen LogP contribution in [-0.2, 0) is 33.4 Å². The molecule has 0 fully saturated rings. The molecular weight excluding hydrogens is 422 g/mol. The Bertz CT molecular complexity index is 977. The Morgan fingerprint density at radius 3 is 2.39 bits per heavy atom. The number of carboxylic acids is 1. The summed E-state index contributed by atoms with van der Waals surface area (Å²) in [6.07, 6.45) is -2.00. The van der Waals surface area contributed by atoms with Gasteiger partial charge < -0.3 is 25.1 Å². The third kappa shape index (κ3) is 4.42. The molecule has 0 saturated heterocycles. The van der Waals surface area contributed by atoms with E-state index in [1.54, 1.807) is 0 Å². The lowest BCUT2D eigenvalue weighted by Gasteiger charge is -2.32. The molecule has 1 aromatic rings. The summed E-state index contributed by atoms with van der Waals surface area (Å²) in [5.74, 6) is -5.89. The van der Waals surface area contributed by atoms with Crippen molar-refractivity contribution in [2.24, 2.45) is 15.1 Å². The fourth-order valence-electron chi connectivity index (χ4n) is 2.15. The minimum Gasteiger partial charge on any atom is -0.542 e. The molecule has 0 amide bonds. The molecule has 1 unspecified atom stereocenters. The van der Waals surface area contributed by atoms with E-state index in [4.69, 9.17) is 21.7 Å². The zero-order chi connectivity index (χ0) is 20.4. The molecular formula is C13H14ClN5O8S. The van der Waals surface area contributed by atoms with Crippen LogP contribution in [0.4, 0.5) is 5.69 Å². The first kappa shape index (κ1) is 23.0. The quantitative estimate of drug-likeness (QED) is 0.501. The third-order valence-corrected chi connectivity index (χ3v) is 4.31. The van der Waals surface area contributed by atoms with Gasteiger partial charge in [-0.1, -0.05) is 12.1 Å². The Morgan fingerprint density at radius 2 is 1.89 bits per heavy atom. The van der Waals surface area contributed by atoms with Gasteiger partial charge in [0.2, 0.25) is 21.6 Å². The zero-order valence-electron chi connectivity index (χ0n) is 14.4. The number of nitrogens with zero attached hydrogens (tertiary/aromatic N) is 3. The summed E-state index contributed by atoms with van der Waals surface area (Å²) in [6.45, 7) is 0. The van der Waals surface area contributed by atoms with Crippen molar-refractivity contribution in [2.45, 2.75) is 11.1 Å². The summed E-state index contributed by atoms with van der Waals surface area (Å²) in [6, 6.07) is 4.29. The smallest absolute Gasteiger partial charge is 0.392 e. The summed E-state index contributed by atoms with van der Waals surface area (Å²) in [5, 5.41) is 16.2. The van der Waals surface area contributed by atoms with Crippen molar-refractivity contribution < 1.29 is 36.9 Å². The van der Waals surface area contributed by atoms with Crippen molar-refractivity contribution in [3.8, 4) is 0 Å². The number of Topliss-reactive ketones (excluding diaryl/α,β-unsaturated/α-hetero) is 1. The molecule has 152 valence electrons. The van der Waals surface area contributed by atoms with E-state index in [1.165, 1.54) is 12.1 Å². The summed E-state index contributed by atoms with van der Waals surface area (Å²) in [4.78, 5) is 42.5. The number of ether oxygens (including phenoxy) is 1. The lowest BCUT2D eigenvalue weighted by atomic mass is 10.2. The number of aliphatic carboxylic acids is 1. The molecule has 0 aromatic heterocycles. The number of methoxy groups -OCH3 is 1. The van der Waals surface area contributed by atoms with E-state index in [0.29, 0.717) is 4.90 Å². The number of sulfonamides is 1. The lowest BCUT2D eigenvalue weighted by Crippen LogP contribution is -2.55. The average Bonchev–Trinajstić information content (AvgIpc) is 2.64. The van der Waals surface area contributed by atoms with E-state index in [1.807, 2.05) is 0 Å². The highest BCUT2D eigenvalue weighted by atomic mass is 35.5. The Labute approximate surface area is 163 Å². The highest BCUT2D eigenvalue weighted by molar-refractivity contribution is 7.89. The highest BCUT2D eigenvalue weighted by Gasteiger charge is 2.40. The molecule has 1 atom stereocenters. The predicted octanol–water partition coefficient (Wildman–Crippen LogP) is -1.73. The van der Waals surface area contributed by atoms with Crippen molar-refractivity contribution >= 4 is 57.2 Å². The number of halogens is 1. The predicted molar refractivity (Wildman–Crippen MR) is 93.9 cm³/mol. The van der Waals surface area contributed by atoms with Crippen molar-refractivity contribution in [3.05, 3.63) is 24.3 Å². The Morgan fingerprint density at radius 1 is 1.29 bits per heavy atom. The van der Waals surface area contributed by atoms with Crippen molar-refractivity contribution in [3.63, 3.8) is 0 Å². The van der Waals surface area contributed by atoms with E-state index in [-0.39, 0.29) is 11.8 Å². The van der Waals surface area contributed by atoms with E-state index < -0.39 is 50.7 Å². The van der Waals surface area contributed by atoms with Gasteiger partial charge in [-0.05, 0) is 12.1 Å². The number of hydrogen-bond acceptors (Lipinski definition) is 11. The molecule has 1 aliphatic heterocycles. The molecule has 1 aromatic carbocycles. The van der Waals surface area contributed by atoms with Crippen LogP contribution in [0.1, 0.15) is 0 Å². The number of anilines is 1. The van der Waals surface area contributed by atoms with Gasteiger partial charge in [0.1, 0.15) is 22.7 Å². The van der Waals surface area contributed by atoms with Crippen LogP contribution in [0.3, 0.4) is 0 Å². The molecule has 6 N–H and O–H groups in total. The van der Waals surface area contributed by atoms with Crippen LogP contribution in [0.2, 0.25) is 0 Å². The second kappa shape index (κ2) is 8.75. The molecule has 1 heterocycles. The van der Waals surface area contributed by atoms with E-state index in [0.717, 1.165) is 19.2 Å². The minimum absolute atomic E-state index is 0. The zero-order valence-corrected chi connectivity index (χ0v) is 15.9. The maximum atomic E-state index is 12.1. The molecule has 0 spiro atoms. The summed E-state index contributed by atoms with van der Waals surface area (Å²) in [7, 11) is -3.28. The van der Waals surface area contributed by atoms with Crippen molar-refractivity contribution in [1.29, 1.82) is 0 Å². The molecule has 0 bridgehead atoms. The Hall–Kier alpha value is -3.07. The normalized spacial score (nSPS) is 16.2. The number of hydrogen-bond donors (Lipinski definition) is 2. The van der Waals surface area contributed by atoms with Crippen molar-refractivity contribution in [1.82, 2.24) is 6.15 Å². The number of aliphatic imine (C=N–C) groups is 2. The molecule has 0 saturated carbocycles. The van der Waals surface area contributed by atoms with E-state index in [9.17, 15) is 27.9 Å². The second-order valence-corrected chi connectivity index (χ2v) is 6.51. The number of benzene rings is 1. The largest absolute Gasteiger partial charge is 0.542 e. The summed E-state index contributed by atoms with van der Waals surface area (Å²) < 4.78 is 32.5. The monoisotopic (exact) mass is 435 g/mol. The fourth-order valence-corrected chi connectivity index (χ4v) is 2.95. The standard InChI is InChI=1S/C13H11ClN4O8S.H3N/c1-25-13-16-9(8(19)11(20)21)18(10(17-13)12(22)26-14)6-4-2-3-5-7(6)27(15,23)24;/h2-5,9H,1H3,(H,20,21)(H2,15,23,24);1H3. The number of carboxylic acid groups (broad SMARTS) is 1. The van der Waals surface area contributed by atoms with Gasteiger partial charge in [0, 0.05) is 0 Å². The van der Waals surface area contributed by atoms with E-state index in [2.05, 4.69) is 14.3 Å². The number of ketones is 1. The SMILES string of the molecule is COC1=NC(C(=O)C(=O)[O-])N(c2ccccc2S(N)(=O)=O)C(C(=O)OCl)=N1.[NH4+]. The molecule has 0 radical (unpaired) electrons. The highest BCUT2D eigenvalue weighted by Crippen LogP contribution is 2.29. The van der Waals surface area contributed by atoms with Crippen LogP contribution in [0.5, 0.6) is 0 Å². The van der Waals surface area contributed by atoms with Gasteiger partial charge in [0.15, 0.2) is 6.17 Å². The van der Waals surface area contributed by atoms with Crippen LogP contribution < -0.4 is 21.3 Å². The lowest BCUT2D eigenvalue weighted by molar-refractivity contribution is -0.300. The van der Waals surface area contributed by atoms with Gasteiger partial charge in [-0.25, -0.2) is 18.4 Å². The van der Waals surface area contributed by atoms with Gasteiger partial charge in [-0.15, -0.1) is 0 Å². The number of carbonyl (C=O) groups excluding carboxylic acids is 3. The van der Waals surface area contributed by atoms with Crippen LogP contribution in [0.15, 0.2) is 39.1 Å². The van der Waals surface area contributed by atoms with Gasteiger partial charge in [-0.3, -0.25) is 9.69 Å². The topological polar surface area (TPSA) is 217 Å². The van der Waals surface area contributed by atoms with Gasteiger partial charge in [-0.2, -0.15) is 9.98 Å². The minimum atomic E-state index is -4.36. The average molecular weight is 436 g/mol. The first-order chi connectivity index (χ1) is 12.6. The summed E-state index contributed by atoms with van der Waals surface area (Å²) >= 11 is 5.05. The first-order valence-electron chi connectivity index (χ1n) is 6.81. The third-order valence-electron chi connectivity index (χ3n) is 3.21. The van der Waals surface area contributed by atoms with Gasteiger partial charge in [0.25, 0.3) is 0 Å². The molecule has 2 rings (SSSR count). The second-order valence-electron chi connectivity index (χ2n) is 4.82. The number of quaternary nitrogens is 1. The number of nitrogens with two attached hydrogens (primary N) is 1. The van der Waals surface area contributed by atoms with Gasteiger partial charge >= 0.3 is 12.0 Å². The van der Waals surface area contributed by atoms with Crippen LogP contribution in [0.25, 0.3) is 0 Å². The fraction of sp³-hybridized carbons (Fsp3) is 0.154. The number of para-hydroxylation sites is 1. The van der Waals surface area contributed by atoms with Crippen molar-refractivity contribution in [2.75, 3.05) is 12.0 Å². The van der Waals surface area contributed by atoms with Crippen LogP contribution in [-0.4, -0.2) is 51.3 Å². The van der Waals surface area contributed by atoms with Gasteiger partial charge in [0.05, 0.1) is 12.8 Å². The Kier molecular flexibility index (Phi) is 7.17. The number of carbonyl (C=O) groups is 3. The summed E-state index contributed by atoms with van der Waals surface area (Å²) in [5.41, 5.74) is -0.376. The molecule has 15 heteroatoms. The molecule has 28 heavy (non-hydrogen) atoms. The Balaban J connectivity index is 0.00000392. The molecule has 1 aliphatic rings. The maximum Gasteiger partial charge on any atom is 0.392 e. The van der Waals surface area contributed by atoms with Crippen LogP contribution >= 0.6 is 11.9 Å². The van der Waals surface area contributed by atoms with E-state index >= 15 is 0 Å². The number of rotatable bonds is 5. The maximum absolute atomic E-state index is 12.1.